The third kappa shape index (κ3) is 2.02. The first-order valence-corrected chi connectivity index (χ1v) is 5.28. The Bertz CT molecular complexity index is 341. The van der Waals surface area contributed by atoms with Crippen molar-refractivity contribution in [1.82, 2.24) is 20.4 Å². The number of nitrogens with one attached hydrogen (secondary N) is 2. The molecule has 0 atom stereocenters. The van der Waals surface area contributed by atoms with E-state index in [1.165, 1.54) is 0 Å². The summed E-state index contributed by atoms with van der Waals surface area (Å²) in [5.74, 6) is 0.0436. The molecule has 0 saturated carbocycles. The number of amides is 1. The van der Waals surface area contributed by atoms with E-state index in [0.717, 1.165) is 38.3 Å². The third-order valence-electron chi connectivity index (χ3n) is 2.63. The van der Waals surface area contributed by atoms with Crippen LogP contribution < -0.4 is 5.32 Å². The molecule has 2 heterocycles. The fraction of sp³-hybridized carbons (Fsp3) is 0.600. The zero-order valence-corrected chi connectivity index (χ0v) is 8.84. The van der Waals surface area contributed by atoms with Crippen LogP contribution >= 0.6 is 0 Å². The molecule has 15 heavy (non-hydrogen) atoms. The lowest BCUT2D eigenvalue weighted by Gasteiger charge is -2.27. The molecule has 1 radical (unpaired) electrons. The van der Waals surface area contributed by atoms with Gasteiger partial charge >= 0.3 is 0 Å². The third-order valence-corrected chi connectivity index (χ3v) is 2.63. The number of carbonyl (C=O) groups excluding carboxylic acids is 1. The van der Waals surface area contributed by atoms with Crippen LogP contribution in [-0.2, 0) is 6.42 Å². The van der Waals surface area contributed by atoms with Crippen LogP contribution in [0.2, 0.25) is 0 Å². The molecule has 0 unspecified atom stereocenters. The Morgan fingerprint density at radius 3 is 2.93 bits per heavy atom. The molecule has 1 aliphatic heterocycles. The lowest BCUT2D eigenvalue weighted by atomic mass is 10.2. The van der Waals surface area contributed by atoms with Crippen LogP contribution in [-0.4, -0.2) is 47.2 Å². The van der Waals surface area contributed by atoms with Gasteiger partial charge < -0.3 is 10.2 Å². The van der Waals surface area contributed by atoms with Gasteiger partial charge in [-0.1, -0.05) is 6.92 Å². The van der Waals surface area contributed by atoms with E-state index in [-0.39, 0.29) is 5.91 Å². The number of aromatic nitrogens is 2. The van der Waals surface area contributed by atoms with Crippen LogP contribution in [0.1, 0.15) is 23.0 Å². The van der Waals surface area contributed by atoms with Crippen molar-refractivity contribution in [3.8, 4) is 0 Å². The summed E-state index contributed by atoms with van der Waals surface area (Å²) in [6, 6.07) is 0. The van der Waals surface area contributed by atoms with Crippen LogP contribution in [0.25, 0.3) is 0 Å². The van der Waals surface area contributed by atoms with Gasteiger partial charge in [0.05, 0.1) is 5.56 Å². The van der Waals surface area contributed by atoms with E-state index >= 15 is 0 Å². The van der Waals surface area contributed by atoms with Crippen LogP contribution in [0.3, 0.4) is 0 Å². The average Bonchev–Trinajstić information content (AvgIpc) is 2.77. The molecular weight excluding hydrogens is 192 g/mol. The highest BCUT2D eigenvalue weighted by Gasteiger charge is 2.21. The lowest BCUT2D eigenvalue weighted by molar-refractivity contribution is 0.0734. The Morgan fingerprint density at radius 1 is 1.53 bits per heavy atom. The number of rotatable bonds is 2. The first kappa shape index (κ1) is 10.2. The summed E-state index contributed by atoms with van der Waals surface area (Å²) in [6.07, 6.45) is 3.52. The molecule has 2 rings (SSSR count). The summed E-state index contributed by atoms with van der Waals surface area (Å²) in [5, 5.41) is 9.82. The largest absolute Gasteiger partial charge is 0.336 e. The first-order valence-electron chi connectivity index (χ1n) is 5.28. The van der Waals surface area contributed by atoms with Crippen LogP contribution in [0, 0.1) is 6.20 Å². The van der Waals surface area contributed by atoms with E-state index in [2.05, 4.69) is 21.7 Å². The Kier molecular flexibility index (Phi) is 3.01. The number of nitrogens with zero attached hydrogens (tertiary/aromatic N) is 2. The maximum absolute atomic E-state index is 12.0. The second kappa shape index (κ2) is 4.44. The number of H-pyrrole nitrogens is 1. The second-order valence-corrected chi connectivity index (χ2v) is 3.58. The van der Waals surface area contributed by atoms with Crippen molar-refractivity contribution in [3.63, 3.8) is 0 Å². The second-order valence-electron chi connectivity index (χ2n) is 3.58. The van der Waals surface area contributed by atoms with Crippen molar-refractivity contribution in [1.29, 1.82) is 0 Å². The maximum atomic E-state index is 12.0. The zero-order valence-electron chi connectivity index (χ0n) is 8.84. The summed E-state index contributed by atoms with van der Waals surface area (Å²) in [4.78, 5) is 13.9. The SMILES string of the molecule is CCc1[nH]n[c]c1C(=O)N1CCNCC1. The van der Waals surface area contributed by atoms with Crippen LogP contribution in [0.15, 0.2) is 0 Å². The molecule has 0 aliphatic carbocycles. The summed E-state index contributed by atoms with van der Waals surface area (Å²) in [5.41, 5.74) is 1.47. The molecule has 5 nitrogen and oxygen atoms in total. The summed E-state index contributed by atoms with van der Waals surface area (Å²) in [6.45, 7) is 5.26. The van der Waals surface area contributed by atoms with Crippen molar-refractivity contribution in [2.24, 2.45) is 0 Å². The van der Waals surface area contributed by atoms with Crippen molar-refractivity contribution in [3.05, 3.63) is 17.5 Å². The molecule has 1 saturated heterocycles. The van der Waals surface area contributed by atoms with Gasteiger partial charge in [0.2, 0.25) is 0 Å². The van der Waals surface area contributed by atoms with Gasteiger partial charge in [-0.2, -0.15) is 5.10 Å². The quantitative estimate of drug-likeness (QED) is 0.707. The predicted octanol–water partition coefficient (Wildman–Crippen LogP) is -0.182. The first-order chi connectivity index (χ1) is 7.33. The van der Waals surface area contributed by atoms with Crippen molar-refractivity contribution in [2.45, 2.75) is 13.3 Å². The van der Waals surface area contributed by atoms with Gasteiger partial charge in [-0.05, 0) is 6.42 Å². The molecule has 1 amide bonds. The predicted molar refractivity (Wildman–Crippen MR) is 55.6 cm³/mol. The topological polar surface area (TPSA) is 61.0 Å². The maximum Gasteiger partial charge on any atom is 0.258 e. The molecule has 1 fully saturated rings. The molecule has 2 N–H and O–H groups in total. The number of hydrogen-bond acceptors (Lipinski definition) is 3. The molecule has 0 spiro atoms. The van der Waals surface area contributed by atoms with E-state index in [1.807, 2.05) is 11.8 Å². The number of aromatic amines is 1. The van der Waals surface area contributed by atoms with Crippen molar-refractivity contribution in [2.75, 3.05) is 26.2 Å². The summed E-state index contributed by atoms with van der Waals surface area (Å²) >= 11 is 0. The Balaban J connectivity index is 2.12. The molecule has 0 aromatic carbocycles. The highest BCUT2D eigenvalue weighted by Crippen LogP contribution is 2.09. The number of aryl methyl sites for hydroxylation is 1. The van der Waals surface area contributed by atoms with Gasteiger partial charge in [0.25, 0.3) is 5.91 Å². The van der Waals surface area contributed by atoms with E-state index in [0.29, 0.717) is 5.56 Å². The van der Waals surface area contributed by atoms with E-state index in [4.69, 9.17) is 0 Å². The molecule has 1 aromatic heterocycles. The number of hydrogen-bond donors (Lipinski definition) is 2. The molecular formula is C10H15N4O. The summed E-state index contributed by atoms with van der Waals surface area (Å²) in [7, 11) is 0. The van der Waals surface area contributed by atoms with E-state index in [1.54, 1.807) is 0 Å². The van der Waals surface area contributed by atoms with Crippen molar-refractivity contribution < 1.29 is 4.79 Å². The monoisotopic (exact) mass is 207 g/mol. The van der Waals surface area contributed by atoms with Gasteiger partial charge in [0.15, 0.2) is 0 Å². The number of piperazine rings is 1. The highest BCUT2D eigenvalue weighted by molar-refractivity contribution is 5.94. The Labute approximate surface area is 88.8 Å². The van der Waals surface area contributed by atoms with Crippen LogP contribution in [0.5, 0.6) is 0 Å². The average molecular weight is 207 g/mol. The van der Waals surface area contributed by atoms with Gasteiger partial charge in [0.1, 0.15) is 6.20 Å². The highest BCUT2D eigenvalue weighted by atomic mass is 16.2. The Morgan fingerprint density at radius 2 is 2.27 bits per heavy atom. The fourth-order valence-corrected chi connectivity index (χ4v) is 1.73. The van der Waals surface area contributed by atoms with Gasteiger partial charge in [-0.3, -0.25) is 9.89 Å². The standard InChI is InChI=1S/C10H15N4O/c1-2-9-8(7-12-13-9)10(15)14-5-3-11-4-6-14/h11H,2-6H2,1H3,(H,12,13). The molecule has 5 heteroatoms. The lowest BCUT2D eigenvalue weighted by Crippen LogP contribution is -2.46. The van der Waals surface area contributed by atoms with E-state index < -0.39 is 0 Å². The van der Waals surface area contributed by atoms with Gasteiger partial charge in [-0.25, -0.2) is 0 Å². The molecule has 1 aromatic rings. The van der Waals surface area contributed by atoms with Gasteiger partial charge in [0, 0.05) is 31.9 Å². The Hall–Kier alpha value is -1.36. The minimum Gasteiger partial charge on any atom is -0.336 e. The number of carbonyl (C=O) groups is 1. The zero-order chi connectivity index (χ0) is 10.7. The smallest absolute Gasteiger partial charge is 0.258 e. The van der Waals surface area contributed by atoms with E-state index in [9.17, 15) is 4.79 Å². The molecule has 1 aliphatic rings. The van der Waals surface area contributed by atoms with Crippen molar-refractivity contribution >= 4 is 5.91 Å². The minimum atomic E-state index is 0.0436. The molecule has 0 bridgehead atoms. The fourth-order valence-electron chi connectivity index (χ4n) is 1.73. The molecule has 81 valence electrons. The normalized spacial score (nSPS) is 16.7. The van der Waals surface area contributed by atoms with Gasteiger partial charge in [-0.15, -0.1) is 0 Å². The van der Waals surface area contributed by atoms with Crippen LogP contribution in [0.4, 0.5) is 0 Å². The minimum absolute atomic E-state index is 0.0436. The summed E-state index contributed by atoms with van der Waals surface area (Å²) < 4.78 is 0.